The third-order valence-corrected chi connectivity index (χ3v) is 5.98. The van der Waals surface area contributed by atoms with Crippen molar-refractivity contribution in [3.8, 4) is 17.2 Å². The predicted molar refractivity (Wildman–Crippen MR) is 115 cm³/mol. The maximum absolute atomic E-state index is 14.4. The molecule has 33 heavy (non-hydrogen) atoms. The topological polar surface area (TPSA) is 122 Å². The van der Waals surface area contributed by atoms with Crippen LogP contribution in [0.15, 0.2) is 53.4 Å². The Bertz CT molecular complexity index is 1330. The van der Waals surface area contributed by atoms with Crippen LogP contribution in [0.25, 0.3) is 0 Å². The third kappa shape index (κ3) is 5.33. The fourth-order valence-corrected chi connectivity index (χ4v) is 4.44. The second-order valence-electron chi connectivity index (χ2n) is 6.57. The molecule has 0 bridgehead atoms. The van der Waals surface area contributed by atoms with Crippen LogP contribution in [-0.2, 0) is 16.6 Å². The summed E-state index contributed by atoms with van der Waals surface area (Å²) >= 11 is 5.94. The van der Waals surface area contributed by atoms with E-state index in [1.165, 1.54) is 18.2 Å². The Balaban J connectivity index is 2.02. The first-order chi connectivity index (χ1) is 15.6. The molecule has 0 radical (unpaired) electrons. The highest BCUT2D eigenvalue weighted by molar-refractivity contribution is 7.92. The van der Waals surface area contributed by atoms with Crippen LogP contribution >= 0.6 is 11.6 Å². The van der Waals surface area contributed by atoms with E-state index in [1.807, 2.05) is 4.72 Å². The van der Waals surface area contributed by atoms with E-state index in [-0.39, 0.29) is 23.1 Å². The van der Waals surface area contributed by atoms with Gasteiger partial charge in [-0.3, -0.25) is 4.72 Å². The second kappa shape index (κ2) is 9.61. The average molecular weight is 500 g/mol. The number of hydrogen-bond acceptors (Lipinski definition) is 6. The summed E-state index contributed by atoms with van der Waals surface area (Å²) in [4.78, 5) is 10.6. The Hall–Kier alpha value is -3.41. The minimum absolute atomic E-state index is 0.114. The largest absolute Gasteiger partial charge is 0.494 e. The van der Waals surface area contributed by atoms with Crippen LogP contribution < -0.4 is 14.2 Å². The van der Waals surface area contributed by atoms with Gasteiger partial charge >= 0.3 is 5.97 Å². The number of nitrogens with one attached hydrogen (secondary N) is 1. The molecule has 0 aliphatic rings. The number of rotatable bonds is 8. The van der Waals surface area contributed by atoms with Crippen molar-refractivity contribution in [1.82, 2.24) is 0 Å². The van der Waals surface area contributed by atoms with E-state index in [2.05, 4.69) is 0 Å². The fourth-order valence-electron chi connectivity index (χ4n) is 2.81. The number of ether oxygens (including phenoxy) is 2. The van der Waals surface area contributed by atoms with Gasteiger partial charge in [0.1, 0.15) is 16.5 Å². The van der Waals surface area contributed by atoms with Crippen LogP contribution in [-0.4, -0.2) is 31.7 Å². The van der Waals surface area contributed by atoms with Gasteiger partial charge in [0.2, 0.25) is 0 Å². The minimum Gasteiger partial charge on any atom is -0.494 e. The van der Waals surface area contributed by atoms with Crippen LogP contribution in [0.3, 0.4) is 0 Å². The van der Waals surface area contributed by atoms with E-state index in [4.69, 9.17) is 21.1 Å². The van der Waals surface area contributed by atoms with Crippen molar-refractivity contribution in [2.75, 3.05) is 11.8 Å². The Kier molecular flexibility index (Phi) is 7.06. The summed E-state index contributed by atoms with van der Waals surface area (Å²) in [5.41, 5.74) is -0.657. The minimum atomic E-state index is -4.64. The molecule has 8 nitrogen and oxygen atoms in total. The predicted octanol–water partition coefficient (Wildman–Crippen LogP) is 4.41. The quantitative estimate of drug-likeness (QED) is 0.419. The number of carboxylic acids is 1. The molecule has 0 saturated carbocycles. The van der Waals surface area contributed by atoms with E-state index >= 15 is 0 Å². The van der Waals surface area contributed by atoms with Crippen molar-refractivity contribution in [2.24, 2.45) is 0 Å². The molecule has 0 aliphatic heterocycles. The Morgan fingerprint density at radius 2 is 1.85 bits per heavy atom. The number of aliphatic hydroxyl groups is 1. The molecule has 0 heterocycles. The number of carboxylic acid groups (broad SMARTS) is 1. The third-order valence-electron chi connectivity index (χ3n) is 4.32. The lowest BCUT2D eigenvalue weighted by atomic mass is 10.2. The van der Waals surface area contributed by atoms with Crippen LogP contribution in [0.1, 0.15) is 15.9 Å². The van der Waals surface area contributed by atoms with Crippen molar-refractivity contribution >= 4 is 33.3 Å². The molecule has 3 N–H and O–H groups in total. The number of aliphatic hydroxyl groups excluding tert-OH is 1. The van der Waals surface area contributed by atoms with Crippen molar-refractivity contribution < 1.29 is 41.7 Å². The lowest BCUT2D eigenvalue weighted by molar-refractivity contribution is 0.0696. The van der Waals surface area contributed by atoms with Gasteiger partial charge in [0.15, 0.2) is 17.3 Å². The molecule has 3 aromatic carbocycles. The first-order valence-corrected chi connectivity index (χ1v) is 10.9. The first kappa shape index (κ1) is 24.2. The van der Waals surface area contributed by atoms with E-state index in [9.17, 15) is 32.2 Å². The Morgan fingerprint density at radius 1 is 1.12 bits per heavy atom. The van der Waals surface area contributed by atoms with Gasteiger partial charge in [0.25, 0.3) is 10.0 Å². The maximum Gasteiger partial charge on any atom is 0.335 e. The number of aromatic carboxylic acids is 1. The number of hydrogen-bond donors (Lipinski definition) is 3. The van der Waals surface area contributed by atoms with E-state index in [0.29, 0.717) is 11.6 Å². The van der Waals surface area contributed by atoms with Crippen LogP contribution in [0.5, 0.6) is 17.2 Å². The van der Waals surface area contributed by atoms with E-state index < -0.39 is 49.5 Å². The molecule has 3 rings (SSSR count). The second-order valence-corrected chi connectivity index (χ2v) is 8.63. The molecular weight excluding hydrogens is 484 g/mol. The molecule has 0 atom stereocenters. The molecular formula is C21H16ClF2NO7S. The summed E-state index contributed by atoms with van der Waals surface area (Å²) in [6, 6.07) is 8.98. The highest BCUT2D eigenvalue weighted by Gasteiger charge is 2.26. The lowest BCUT2D eigenvalue weighted by Gasteiger charge is -2.15. The molecule has 0 fully saturated rings. The SMILES string of the molecule is COc1c(Cl)cc(C(=O)O)cc1S(=O)(=O)Nc1cc(Oc2cccc(CO)c2)c(F)cc1F. The zero-order valence-corrected chi connectivity index (χ0v) is 18.4. The van der Waals surface area contributed by atoms with Gasteiger partial charge in [0, 0.05) is 12.1 Å². The number of benzene rings is 3. The summed E-state index contributed by atoms with van der Waals surface area (Å²) in [6.07, 6.45) is 0. The monoisotopic (exact) mass is 499 g/mol. The van der Waals surface area contributed by atoms with Gasteiger partial charge in [0.05, 0.1) is 30.0 Å². The average Bonchev–Trinajstić information content (AvgIpc) is 2.76. The zero-order chi connectivity index (χ0) is 24.3. The van der Waals surface area contributed by atoms with Gasteiger partial charge in [-0.05, 0) is 29.8 Å². The van der Waals surface area contributed by atoms with Crippen LogP contribution in [0, 0.1) is 11.6 Å². The Morgan fingerprint density at radius 3 is 2.48 bits per heavy atom. The lowest BCUT2D eigenvalue weighted by Crippen LogP contribution is -2.16. The summed E-state index contributed by atoms with van der Waals surface area (Å²) in [6.45, 7) is -0.298. The Labute approximate surface area is 192 Å². The normalized spacial score (nSPS) is 11.2. The maximum atomic E-state index is 14.4. The van der Waals surface area contributed by atoms with Gasteiger partial charge in [-0.15, -0.1) is 0 Å². The number of sulfonamides is 1. The fraction of sp³-hybridized carbons (Fsp3) is 0.0952. The number of carbonyl (C=O) groups is 1. The number of methoxy groups -OCH3 is 1. The summed E-state index contributed by atoms with van der Waals surface area (Å²) in [5.74, 6) is -4.58. The summed E-state index contributed by atoms with van der Waals surface area (Å²) in [7, 11) is -3.53. The highest BCUT2D eigenvalue weighted by atomic mass is 35.5. The summed E-state index contributed by atoms with van der Waals surface area (Å²) in [5, 5.41) is 18.1. The highest BCUT2D eigenvalue weighted by Crippen LogP contribution is 2.36. The van der Waals surface area contributed by atoms with Crippen LogP contribution in [0.4, 0.5) is 14.5 Å². The zero-order valence-electron chi connectivity index (χ0n) is 16.8. The molecule has 12 heteroatoms. The molecule has 174 valence electrons. The smallest absolute Gasteiger partial charge is 0.335 e. The van der Waals surface area contributed by atoms with Gasteiger partial charge < -0.3 is 19.7 Å². The summed E-state index contributed by atoms with van der Waals surface area (Å²) < 4.78 is 66.8. The molecule has 0 unspecified atom stereocenters. The van der Waals surface area contributed by atoms with Gasteiger partial charge in [-0.1, -0.05) is 23.7 Å². The standard InChI is InChI=1S/C21H16ClF2NO7S/c1-31-20-14(22)6-12(21(27)28)7-19(20)33(29,30)25-17-9-18(16(24)8-15(17)23)32-13-4-2-3-11(5-13)10-26/h2-9,25-26H,10H2,1H3,(H,27,28). The molecule has 0 aliphatic carbocycles. The first-order valence-electron chi connectivity index (χ1n) is 9.06. The van der Waals surface area contributed by atoms with E-state index in [1.54, 1.807) is 6.07 Å². The van der Waals surface area contributed by atoms with Crippen molar-refractivity contribution in [3.63, 3.8) is 0 Å². The van der Waals surface area contributed by atoms with Crippen LogP contribution in [0.2, 0.25) is 5.02 Å². The van der Waals surface area contributed by atoms with Crippen molar-refractivity contribution in [1.29, 1.82) is 0 Å². The van der Waals surface area contributed by atoms with Crippen molar-refractivity contribution in [3.05, 3.63) is 76.3 Å². The van der Waals surface area contributed by atoms with Gasteiger partial charge in [-0.25, -0.2) is 22.0 Å². The molecule has 0 spiro atoms. The number of anilines is 1. The molecule has 0 amide bonds. The molecule has 0 saturated heterocycles. The molecule has 3 aromatic rings. The number of halogens is 3. The van der Waals surface area contributed by atoms with Crippen molar-refractivity contribution in [2.45, 2.75) is 11.5 Å². The van der Waals surface area contributed by atoms with E-state index in [0.717, 1.165) is 25.3 Å². The van der Waals surface area contributed by atoms with Gasteiger partial charge in [-0.2, -0.15) is 0 Å². The molecule has 0 aromatic heterocycles.